The summed E-state index contributed by atoms with van der Waals surface area (Å²) >= 11 is 1.40. The van der Waals surface area contributed by atoms with E-state index >= 15 is 0 Å². The van der Waals surface area contributed by atoms with Gasteiger partial charge in [0.2, 0.25) is 5.91 Å². The lowest BCUT2D eigenvalue weighted by Crippen LogP contribution is -2.24. The lowest BCUT2D eigenvalue weighted by Gasteiger charge is -2.17. The van der Waals surface area contributed by atoms with Crippen LogP contribution in [0.5, 0.6) is 5.75 Å². The number of hydrogen-bond acceptors (Lipinski definition) is 4. The molecule has 1 amide bonds. The molecule has 0 bridgehead atoms. The zero-order chi connectivity index (χ0) is 17.8. The Bertz CT molecular complexity index is 844. The fourth-order valence-electron chi connectivity index (χ4n) is 2.69. The van der Waals surface area contributed by atoms with Crippen LogP contribution in [0.25, 0.3) is 0 Å². The molecule has 1 aliphatic heterocycles. The van der Waals surface area contributed by atoms with Gasteiger partial charge in [-0.25, -0.2) is 0 Å². The molecule has 0 radical (unpaired) electrons. The van der Waals surface area contributed by atoms with Gasteiger partial charge in [0.05, 0.1) is 24.4 Å². The van der Waals surface area contributed by atoms with Crippen molar-refractivity contribution in [2.24, 2.45) is 0 Å². The summed E-state index contributed by atoms with van der Waals surface area (Å²) in [7, 11) is 1.61. The van der Waals surface area contributed by atoms with Crippen molar-refractivity contribution in [3.8, 4) is 5.75 Å². The molecule has 3 rings (SSSR count). The molecule has 0 N–H and O–H groups in total. The topological polar surface area (TPSA) is 46.6 Å². The predicted molar refractivity (Wildman–Crippen MR) is 99.6 cm³/mol. The minimum Gasteiger partial charge on any atom is -0.497 e. The minimum atomic E-state index is -0.0778. The molecule has 0 saturated carbocycles. The van der Waals surface area contributed by atoms with E-state index in [0.29, 0.717) is 22.9 Å². The first kappa shape index (κ1) is 17.3. The molecular formula is C20H19NO3S. The van der Waals surface area contributed by atoms with Crippen LogP contribution in [0.15, 0.2) is 59.6 Å². The molecule has 1 saturated heterocycles. The van der Waals surface area contributed by atoms with Crippen molar-refractivity contribution >= 4 is 23.5 Å². The molecule has 2 aromatic rings. The Hall–Kier alpha value is -2.53. The van der Waals surface area contributed by atoms with Crippen molar-refractivity contribution in [1.29, 1.82) is 0 Å². The van der Waals surface area contributed by atoms with Crippen LogP contribution in [0.3, 0.4) is 0 Å². The third kappa shape index (κ3) is 3.94. The largest absolute Gasteiger partial charge is 0.497 e. The molecule has 5 heteroatoms. The van der Waals surface area contributed by atoms with Crippen LogP contribution in [0.2, 0.25) is 0 Å². The van der Waals surface area contributed by atoms with Gasteiger partial charge in [0.25, 0.3) is 0 Å². The summed E-state index contributed by atoms with van der Waals surface area (Å²) in [5, 5.41) is 0.695. The highest BCUT2D eigenvalue weighted by atomic mass is 32.2. The fourth-order valence-corrected chi connectivity index (χ4v) is 3.63. The van der Waals surface area contributed by atoms with Gasteiger partial charge in [-0.05, 0) is 30.2 Å². The van der Waals surface area contributed by atoms with E-state index in [2.05, 4.69) is 0 Å². The van der Waals surface area contributed by atoms with Crippen LogP contribution >= 0.6 is 11.8 Å². The number of aryl methyl sites for hydroxylation is 1. The zero-order valence-electron chi connectivity index (χ0n) is 14.2. The minimum absolute atomic E-state index is 0.0108. The zero-order valence-corrected chi connectivity index (χ0v) is 15.0. The average molecular weight is 353 g/mol. The Balaban J connectivity index is 1.84. The lowest BCUT2D eigenvalue weighted by atomic mass is 10.1. The Morgan fingerprint density at radius 3 is 2.80 bits per heavy atom. The highest BCUT2D eigenvalue weighted by Gasteiger charge is 2.27. The molecule has 0 atom stereocenters. The van der Waals surface area contributed by atoms with Crippen molar-refractivity contribution in [1.82, 2.24) is 4.90 Å². The Labute approximate surface area is 151 Å². The number of ether oxygens (including phenoxy) is 1. The highest BCUT2D eigenvalue weighted by molar-refractivity contribution is 8.04. The normalized spacial score (nSPS) is 15.7. The van der Waals surface area contributed by atoms with Crippen molar-refractivity contribution < 1.29 is 14.3 Å². The molecule has 0 aromatic heterocycles. The van der Waals surface area contributed by atoms with E-state index in [0.717, 1.165) is 16.9 Å². The number of ketones is 1. The summed E-state index contributed by atoms with van der Waals surface area (Å²) in [6, 6.07) is 15.1. The summed E-state index contributed by atoms with van der Waals surface area (Å²) in [4.78, 5) is 26.5. The number of benzene rings is 2. The quantitative estimate of drug-likeness (QED) is 0.606. The number of amides is 1. The average Bonchev–Trinajstić information content (AvgIpc) is 2.95. The van der Waals surface area contributed by atoms with Crippen molar-refractivity contribution in [2.75, 3.05) is 12.9 Å². The number of carbonyl (C=O) groups is 2. The molecule has 0 aliphatic carbocycles. The van der Waals surface area contributed by atoms with Crippen molar-refractivity contribution in [3.05, 3.63) is 76.3 Å². The van der Waals surface area contributed by atoms with Gasteiger partial charge >= 0.3 is 0 Å². The fraction of sp³-hybridized carbons (Fsp3) is 0.200. The van der Waals surface area contributed by atoms with Crippen LogP contribution in [-0.4, -0.2) is 29.5 Å². The summed E-state index contributed by atoms with van der Waals surface area (Å²) in [5.74, 6) is 1.04. The second kappa shape index (κ2) is 7.57. The SMILES string of the molecule is COc1cccc(CN2C(=O)CS/C2=C\C(=O)c2ccccc2C)c1. The van der Waals surface area contributed by atoms with E-state index in [1.807, 2.05) is 55.5 Å². The Kier molecular flexibility index (Phi) is 5.24. The van der Waals surface area contributed by atoms with Gasteiger partial charge < -0.3 is 9.64 Å². The van der Waals surface area contributed by atoms with E-state index < -0.39 is 0 Å². The lowest BCUT2D eigenvalue weighted by molar-refractivity contribution is -0.125. The van der Waals surface area contributed by atoms with Crippen LogP contribution in [0, 0.1) is 6.92 Å². The number of carbonyl (C=O) groups excluding carboxylic acids is 2. The number of methoxy groups -OCH3 is 1. The molecule has 1 fully saturated rings. The van der Waals surface area contributed by atoms with E-state index in [-0.39, 0.29) is 11.7 Å². The standard InChI is InChI=1S/C20H19NO3S/c1-14-6-3-4-9-17(14)18(22)11-20-21(19(23)13-25-20)12-15-7-5-8-16(10-15)24-2/h3-11H,12-13H2,1-2H3/b20-11-. The maximum Gasteiger partial charge on any atom is 0.238 e. The van der Waals surface area contributed by atoms with Crippen LogP contribution in [0.4, 0.5) is 0 Å². The van der Waals surface area contributed by atoms with Gasteiger partial charge in [0.1, 0.15) is 5.75 Å². The molecule has 2 aromatic carbocycles. The van der Waals surface area contributed by atoms with Crippen molar-refractivity contribution in [2.45, 2.75) is 13.5 Å². The molecule has 4 nitrogen and oxygen atoms in total. The van der Waals surface area contributed by atoms with E-state index in [9.17, 15) is 9.59 Å². The van der Waals surface area contributed by atoms with E-state index in [1.165, 1.54) is 11.8 Å². The van der Waals surface area contributed by atoms with Gasteiger partial charge in [0.15, 0.2) is 5.78 Å². The van der Waals surface area contributed by atoms with E-state index in [4.69, 9.17) is 4.74 Å². The number of rotatable bonds is 5. The second-order valence-corrected chi connectivity index (χ2v) is 6.78. The Morgan fingerprint density at radius 1 is 1.24 bits per heavy atom. The Morgan fingerprint density at radius 2 is 2.04 bits per heavy atom. The first-order chi connectivity index (χ1) is 12.1. The molecule has 1 heterocycles. The number of nitrogens with zero attached hydrogens (tertiary/aromatic N) is 1. The van der Waals surface area contributed by atoms with Gasteiger partial charge in [-0.15, -0.1) is 0 Å². The molecule has 25 heavy (non-hydrogen) atoms. The summed E-state index contributed by atoms with van der Waals surface area (Å²) in [6.07, 6.45) is 1.57. The number of allylic oxidation sites excluding steroid dienone is 1. The molecule has 0 unspecified atom stereocenters. The van der Waals surface area contributed by atoms with Crippen LogP contribution in [0.1, 0.15) is 21.5 Å². The smallest absolute Gasteiger partial charge is 0.238 e. The summed E-state index contributed by atoms with van der Waals surface area (Å²) in [5.41, 5.74) is 2.55. The van der Waals surface area contributed by atoms with Crippen LogP contribution in [-0.2, 0) is 11.3 Å². The predicted octanol–water partition coefficient (Wildman–Crippen LogP) is 3.80. The van der Waals surface area contributed by atoms with Crippen molar-refractivity contribution in [3.63, 3.8) is 0 Å². The first-order valence-electron chi connectivity index (χ1n) is 7.96. The third-order valence-electron chi connectivity index (χ3n) is 4.05. The number of thioether (sulfide) groups is 1. The maximum absolute atomic E-state index is 12.6. The van der Waals surface area contributed by atoms with E-state index in [1.54, 1.807) is 18.1 Å². The monoisotopic (exact) mass is 353 g/mol. The summed E-state index contributed by atoms with van der Waals surface area (Å²) in [6.45, 7) is 2.34. The highest BCUT2D eigenvalue weighted by Crippen LogP contribution is 2.31. The molecule has 128 valence electrons. The van der Waals surface area contributed by atoms with Gasteiger partial charge in [-0.3, -0.25) is 9.59 Å². The summed E-state index contributed by atoms with van der Waals surface area (Å²) < 4.78 is 5.23. The number of hydrogen-bond donors (Lipinski definition) is 0. The van der Waals surface area contributed by atoms with Gasteiger partial charge in [-0.2, -0.15) is 0 Å². The first-order valence-corrected chi connectivity index (χ1v) is 8.95. The third-order valence-corrected chi connectivity index (χ3v) is 5.08. The molecular weight excluding hydrogens is 334 g/mol. The second-order valence-electron chi connectivity index (χ2n) is 5.78. The van der Waals surface area contributed by atoms with Gasteiger partial charge in [-0.1, -0.05) is 48.2 Å². The van der Waals surface area contributed by atoms with Gasteiger partial charge in [0, 0.05) is 11.6 Å². The molecule has 0 spiro atoms. The van der Waals surface area contributed by atoms with Crippen LogP contribution < -0.4 is 4.74 Å². The molecule has 1 aliphatic rings. The maximum atomic E-state index is 12.6.